The van der Waals surface area contributed by atoms with Crippen LogP contribution in [0.3, 0.4) is 0 Å². The Balaban J connectivity index is 3.16. The van der Waals surface area contributed by atoms with Gasteiger partial charge < -0.3 is 10.4 Å². The summed E-state index contributed by atoms with van der Waals surface area (Å²) in [5, 5.41) is 10.5. The van der Waals surface area contributed by atoms with Crippen molar-refractivity contribution in [1.29, 1.82) is 0 Å². The van der Waals surface area contributed by atoms with Crippen molar-refractivity contribution in [1.82, 2.24) is 0 Å². The number of hydrogen-bond acceptors (Lipinski definition) is 2. The molecule has 1 aromatic carbocycles. The van der Waals surface area contributed by atoms with Gasteiger partial charge in [-0.05, 0) is 18.2 Å². The van der Waals surface area contributed by atoms with Crippen LogP contribution in [-0.4, -0.2) is 11.1 Å². The number of carboxylic acid groups (broad SMARTS) is 1. The quantitative estimate of drug-likeness (QED) is 0.824. The van der Waals surface area contributed by atoms with Gasteiger partial charge in [0.05, 0.1) is 11.3 Å². The summed E-state index contributed by atoms with van der Waals surface area (Å²) in [6.07, 6.45) is -4.63. The van der Waals surface area contributed by atoms with Crippen LogP contribution in [0.25, 0.3) is 0 Å². The van der Waals surface area contributed by atoms with Crippen LogP contribution in [0.2, 0.25) is 5.02 Å². The van der Waals surface area contributed by atoms with Crippen LogP contribution in [-0.2, 0) is 11.0 Å². The van der Waals surface area contributed by atoms with Crippen molar-refractivity contribution in [2.75, 3.05) is 5.32 Å². The fourth-order valence-electron chi connectivity index (χ4n) is 1.08. The molecule has 0 heterocycles. The van der Waals surface area contributed by atoms with Crippen LogP contribution in [0.15, 0.2) is 30.5 Å². The van der Waals surface area contributed by atoms with E-state index in [0.717, 1.165) is 6.07 Å². The number of aliphatic carboxylic acids is 1. The summed E-state index contributed by atoms with van der Waals surface area (Å²) < 4.78 is 37.8. The van der Waals surface area contributed by atoms with Crippen molar-refractivity contribution in [3.63, 3.8) is 0 Å². The van der Waals surface area contributed by atoms with Crippen molar-refractivity contribution >= 4 is 23.3 Å². The molecule has 0 aliphatic carbocycles. The molecule has 0 saturated heterocycles. The van der Waals surface area contributed by atoms with Gasteiger partial charge in [0, 0.05) is 5.02 Å². The number of benzene rings is 1. The first-order chi connectivity index (χ1) is 7.71. The number of carboxylic acids is 1. The van der Waals surface area contributed by atoms with Gasteiger partial charge in [-0.3, -0.25) is 0 Å². The molecule has 0 aliphatic rings. The molecule has 0 atom stereocenters. The third kappa shape index (κ3) is 3.39. The lowest BCUT2D eigenvalue weighted by Gasteiger charge is -2.14. The van der Waals surface area contributed by atoms with Crippen molar-refractivity contribution in [3.8, 4) is 0 Å². The summed E-state index contributed by atoms with van der Waals surface area (Å²) in [6, 6.07) is 2.96. The minimum atomic E-state index is -4.63. The van der Waals surface area contributed by atoms with Gasteiger partial charge >= 0.3 is 12.1 Å². The molecule has 17 heavy (non-hydrogen) atoms. The van der Waals surface area contributed by atoms with E-state index in [0.29, 0.717) is 6.07 Å². The molecule has 7 heteroatoms. The summed E-state index contributed by atoms with van der Waals surface area (Å²) in [6.45, 7) is 3.08. The smallest absolute Gasteiger partial charge is 0.418 e. The molecule has 92 valence electrons. The molecule has 0 aromatic heterocycles. The second kappa shape index (κ2) is 4.67. The lowest BCUT2D eigenvalue weighted by Crippen LogP contribution is -2.14. The van der Waals surface area contributed by atoms with Crippen LogP contribution in [0.5, 0.6) is 0 Å². The molecule has 1 aromatic rings. The van der Waals surface area contributed by atoms with Gasteiger partial charge in [0.15, 0.2) is 0 Å². The van der Waals surface area contributed by atoms with E-state index in [1.54, 1.807) is 0 Å². The van der Waals surface area contributed by atoms with Gasteiger partial charge in [0.25, 0.3) is 0 Å². The van der Waals surface area contributed by atoms with Gasteiger partial charge in [-0.1, -0.05) is 18.2 Å². The first kappa shape index (κ1) is 13.4. The van der Waals surface area contributed by atoms with E-state index in [4.69, 9.17) is 16.7 Å². The largest absolute Gasteiger partial charge is 0.477 e. The van der Waals surface area contributed by atoms with Gasteiger partial charge in [0.1, 0.15) is 5.70 Å². The maximum Gasteiger partial charge on any atom is 0.418 e. The van der Waals surface area contributed by atoms with E-state index in [2.05, 4.69) is 11.9 Å². The Labute approximate surface area is 99.5 Å². The third-order valence-corrected chi connectivity index (χ3v) is 2.07. The minimum absolute atomic E-state index is 0.0937. The Hall–Kier alpha value is -1.69. The predicted molar refractivity (Wildman–Crippen MR) is 56.9 cm³/mol. The average molecular weight is 266 g/mol. The lowest BCUT2D eigenvalue weighted by atomic mass is 10.1. The fourth-order valence-corrected chi connectivity index (χ4v) is 1.25. The van der Waals surface area contributed by atoms with E-state index < -0.39 is 29.1 Å². The van der Waals surface area contributed by atoms with Gasteiger partial charge in [-0.15, -0.1) is 0 Å². The van der Waals surface area contributed by atoms with Crippen molar-refractivity contribution in [2.45, 2.75) is 6.18 Å². The van der Waals surface area contributed by atoms with E-state index in [-0.39, 0.29) is 5.02 Å². The first-order valence-electron chi connectivity index (χ1n) is 4.28. The number of hydrogen-bond donors (Lipinski definition) is 2. The van der Waals surface area contributed by atoms with Crippen molar-refractivity contribution < 1.29 is 23.1 Å². The molecule has 0 amide bonds. The van der Waals surface area contributed by atoms with E-state index >= 15 is 0 Å². The molecular formula is C10H7ClF3NO2. The molecule has 0 unspecified atom stereocenters. The number of anilines is 1. The normalized spacial score (nSPS) is 11.1. The number of rotatable bonds is 3. The maximum absolute atomic E-state index is 12.6. The van der Waals surface area contributed by atoms with Crippen molar-refractivity contribution in [2.24, 2.45) is 0 Å². The standard InChI is InChI=1S/C10H7ClF3NO2/c1-5(9(16)17)15-8-3-2-6(11)4-7(8)10(12,13)14/h2-4,15H,1H2,(H,16,17). The zero-order valence-electron chi connectivity index (χ0n) is 8.31. The van der Waals surface area contributed by atoms with Crippen molar-refractivity contribution in [3.05, 3.63) is 41.1 Å². The topological polar surface area (TPSA) is 49.3 Å². The van der Waals surface area contributed by atoms with Gasteiger partial charge in [-0.25, -0.2) is 4.79 Å². The van der Waals surface area contributed by atoms with Crippen LogP contribution in [0, 0.1) is 0 Å². The molecule has 0 fully saturated rings. The SMILES string of the molecule is C=C(Nc1ccc(Cl)cc1C(F)(F)F)C(=O)O. The molecule has 0 bridgehead atoms. The third-order valence-electron chi connectivity index (χ3n) is 1.83. The Morgan fingerprint density at radius 2 is 2.00 bits per heavy atom. The summed E-state index contributed by atoms with van der Waals surface area (Å²) in [5.41, 5.74) is -2.01. The van der Waals surface area contributed by atoms with Crippen LogP contribution in [0.1, 0.15) is 5.56 Å². The molecule has 0 aliphatic heterocycles. The monoisotopic (exact) mass is 265 g/mol. The molecule has 1 rings (SSSR count). The Morgan fingerprint density at radius 1 is 1.41 bits per heavy atom. The predicted octanol–water partition coefficient (Wildman–Crippen LogP) is 3.37. The average Bonchev–Trinajstić information content (AvgIpc) is 2.18. The van der Waals surface area contributed by atoms with Gasteiger partial charge in [-0.2, -0.15) is 13.2 Å². The molecule has 0 radical (unpaired) electrons. The number of halogens is 4. The van der Waals surface area contributed by atoms with E-state index in [1.807, 2.05) is 0 Å². The molecule has 0 spiro atoms. The molecular weight excluding hydrogens is 259 g/mol. The number of alkyl halides is 3. The van der Waals surface area contributed by atoms with Crippen LogP contribution < -0.4 is 5.32 Å². The highest BCUT2D eigenvalue weighted by atomic mass is 35.5. The summed E-state index contributed by atoms with van der Waals surface area (Å²) in [5.74, 6) is -1.44. The minimum Gasteiger partial charge on any atom is -0.477 e. The zero-order chi connectivity index (χ0) is 13.2. The summed E-state index contributed by atoms with van der Waals surface area (Å²) in [4.78, 5) is 10.5. The second-order valence-electron chi connectivity index (χ2n) is 3.10. The Kier molecular flexibility index (Phi) is 3.67. The molecule has 2 N–H and O–H groups in total. The Bertz CT molecular complexity index is 471. The zero-order valence-corrected chi connectivity index (χ0v) is 9.06. The van der Waals surface area contributed by atoms with Crippen LogP contribution in [0.4, 0.5) is 18.9 Å². The van der Waals surface area contributed by atoms with Crippen LogP contribution >= 0.6 is 11.6 Å². The first-order valence-corrected chi connectivity index (χ1v) is 4.65. The van der Waals surface area contributed by atoms with Gasteiger partial charge in [0.2, 0.25) is 0 Å². The highest BCUT2D eigenvalue weighted by Crippen LogP contribution is 2.36. The fraction of sp³-hybridized carbons (Fsp3) is 0.100. The number of nitrogens with one attached hydrogen (secondary N) is 1. The molecule has 0 saturated carbocycles. The van der Waals surface area contributed by atoms with E-state index in [9.17, 15) is 18.0 Å². The maximum atomic E-state index is 12.6. The molecule has 3 nitrogen and oxygen atoms in total. The summed E-state index contributed by atoms with van der Waals surface area (Å²) >= 11 is 5.46. The highest BCUT2D eigenvalue weighted by molar-refractivity contribution is 6.30. The second-order valence-corrected chi connectivity index (χ2v) is 3.53. The lowest BCUT2D eigenvalue weighted by molar-refractivity contribution is -0.137. The summed E-state index contributed by atoms with van der Waals surface area (Å²) in [7, 11) is 0. The number of carbonyl (C=O) groups is 1. The highest BCUT2D eigenvalue weighted by Gasteiger charge is 2.34. The van der Waals surface area contributed by atoms with E-state index in [1.165, 1.54) is 6.07 Å². The Morgan fingerprint density at radius 3 is 2.47 bits per heavy atom.